The summed E-state index contributed by atoms with van der Waals surface area (Å²) >= 11 is 4.53. The number of carbonyl (C=O) groups is 1. The average molecular weight is 361 g/mol. The van der Waals surface area contributed by atoms with E-state index >= 15 is 0 Å². The van der Waals surface area contributed by atoms with E-state index in [-0.39, 0.29) is 12.4 Å². The number of tetrazole rings is 1. The van der Waals surface area contributed by atoms with Gasteiger partial charge in [-0.1, -0.05) is 27.7 Å². The van der Waals surface area contributed by atoms with Gasteiger partial charge in [-0.25, -0.2) is 9.07 Å². The number of thioether (sulfide) groups is 1. The number of carbonyl (C=O) groups excluding carboxylic acids is 1. The number of methoxy groups -OCH3 is 1. The first-order chi connectivity index (χ1) is 9.60. The zero-order chi connectivity index (χ0) is 14.5. The maximum absolute atomic E-state index is 13.6. The second-order valence-corrected chi connectivity index (χ2v) is 5.58. The van der Waals surface area contributed by atoms with Crippen LogP contribution in [0.2, 0.25) is 0 Å². The van der Waals surface area contributed by atoms with Gasteiger partial charge in [0.15, 0.2) is 0 Å². The van der Waals surface area contributed by atoms with Crippen molar-refractivity contribution in [2.24, 2.45) is 0 Å². The smallest absolute Gasteiger partial charge is 0.327 e. The number of aromatic nitrogens is 4. The van der Waals surface area contributed by atoms with Crippen molar-refractivity contribution in [2.45, 2.75) is 17.5 Å². The number of rotatable bonds is 5. The molecule has 0 fully saturated rings. The van der Waals surface area contributed by atoms with Crippen molar-refractivity contribution in [2.75, 3.05) is 7.11 Å². The summed E-state index contributed by atoms with van der Waals surface area (Å²) in [7, 11) is 1.29. The molecule has 2 rings (SSSR count). The monoisotopic (exact) mass is 360 g/mol. The Morgan fingerprint density at radius 2 is 2.35 bits per heavy atom. The maximum Gasteiger partial charge on any atom is 0.327 e. The number of hydrogen-bond acceptors (Lipinski definition) is 6. The van der Waals surface area contributed by atoms with Crippen LogP contribution in [-0.2, 0) is 21.8 Å². The van der Waals surface area contributed by atoms with E-state index in [0.29, 0.717) is 16.5 Å². The highest BCUT2D eigenvalue weighted by Crippen LogP contribution is 2.24. The number of ether oxygens (including phenoxy) is 1. The van der Waals surface area contributed by atoms with Gasteiger partial charge in [-0.05, 0) is 34.2 Å². The normalized spacial score (nSPS) is 10.6. The van der Waals surface area contributed by atoms with Gasteiger partial charge in [-0.2, -0.15) is 0 Å². The third kappa shape index (κ3) is 3.76. The summed E-state index contributed by atoms with van der Waals surface area (Å²) in [6.45, 7) is -0.0766. The Hall–Kier alpha value is -1.48. The summed E-state index contributed by atoms with van der Waals surface area (Å²) in [4.78, 5) is 11.2. The molecule has 0 radical (unpaired) electrons. The third-order valence-corrected chi connectivity index (χ3v) is 3.87. The van der Waals surface area contributed by atoms with E-state index in [4.69, 9.17) is 0 Å². The molecule has 1 heterocycles. The van der Waals surface area contributed by atoms with E-state index in [2.05, 4.69) is 36.2 Å². The largest absolute Gasteiger partial charge is 0.468 e. The Labute approximate surface area is 126 Å². The van der Waals surface area contributed by atoms with E-state index in [0.717, 1.165) is 4.47 Å². The number of benzene rings is 1. The van der Waals surface area contributed by atoms with Gasteiger partial charge in [0.2, 0.25) is 5.16 Å². The minimum atomic E-state index is -0.451. The highest BCUT2D eigenvalue weighted by molar-refractivity contribution is 9.10. The van der Waals surface area contributed by atoms with Crippen LogP contribution in [0.4, 0.5) is 4.39 Å². The Bertz CT molecular complexity index is 622. The van der Waals surface area contributed by atoms with Gasteiger partial charge < -0.3 is 4.74 Å². The summed E-state index contributed by atoms with van der Waals surface area (Å²) in [5.74, 6) is -0.396. The molecule has 2 aromatic rings. The lowest BCUT2D eigenvalue weighted by molar-refractivity contribution is -0.141. The molecule has 0 aliphatic carbocycles. The maximum atomic E-state index is 13.6. The highest BCUT2D eigenvalue weighted by Gasteiger charge is 2.12. The van der Waals surface area contributed by atoms with E-state index in [9.17, 15) is 9.18 Å². The van der Waals surface area contributed by atoms with E-state index < -0.39 is 5.97 Å². The minimum absolute atomic E-state index is 0.0766. The highest BCUT2D eigenvalue weighted by atomic mass is 79.9. The van der Waals surface area contributed by atoms with Crippen LogP contribution in [0.3, 0.4) is 0 Å². The summed E-state index contributed by atoms with van der Waals surface area (Å²) in [5, 5.41) is 11.4. The standard InChI is InChI=1S/C11H10BrFN4O2S/c1-19-10(18)5-17-11(14-15-16-17)20-6-7-4-8(12)2-3-9(7)13/h2-4H,5-6H2,1H3. The predicted molar refractivity (Wildman–Crippen MR) is 73.5 cm³/mol. The van der Waals surface area contributed by atoms with Crippen LogP contribution in [0, 0.1) is 5.82 Å². The van der Waals surface area contributed by atoms with Crippen molar-refractivity contribution >= 4 is 33.7 Å². The second-order valence-electron chi connectivity index (χ2n) is 3.72. The summed E-state index contributed by atoms with van der Waals surface area (Å²) in [5.41, 5.74) is 0.525. The van der Waals surface area contributed by atoms with Crippen LogP contribution >= 0.6 is 27.7 Å². The molecule has 1 aromatic carbocycles. The zero-order valence-corrected chi connectivity index (χ0v) is 12.8. The molecule has 0 N–H and O–H groups in total. The van der Waals surface area contributed by atoms with Crippen LogP contribution in [0.1, 0.15) is 5.56 Å². The predicted octanol–water partition coefficient (Wildman–Crippen LogP) is 2.04. The molecule has 0 bridgehead atoms. The van der Waals surface area contributed by atoms with Gasteiger partial charge in [-0.3, -0.25) is 4.79 Å². The van der Waals surface area contributed by atoms with Crippen molar-refractivity contribution in [1.82, 2.24) is 20.2 Å². The lowest BCUT2D eigenvalue weighted by atomic mass is 10.2. The molecule has 0 saturated heterocycles. The van der Waals surface area contributed by atoms with Crippen LogP contribution in [0.25, 0.3) is 0 Å². The minimum Gasteiger partial charge on any atom is -0.468 e. The molecule has 0 aliphatic heterocycles. The van der Waals surface area contributed by atoms with Gasteiger partial charge in [0, 0.05) is 10.2 Å². The number of hydrogen-bond donors (Lipinski definition) is 0. The molecule has 0 unspecified atom stereocenters. The van der Waals surface area contributed by atoms with Crippen molar-refractivity contribution in [1.29, 1.82) is 0 Å². The first-order valence-corrected chi connectivity index (χ1v) is 7.27. The average Bonchev–Trinajstić information content (AvgIpc) is 2.87. The molecule has 6 nitrogen and oxygen atoms in total. The fourth-order valence-electron chi connectivity index (χ4n) is 1.38. The second kappa shape index (κ2) is 6.80. The van der Waals surface area contributed by atoms with Gasteiger partial charge in [-0.15, -0.1) is 5.10 Å². The van der Waals surface area contributed by atoms with Crippen molar-refractivity contribution in [3.05, 3.63) is 34.1 Å². The summed E-state index contributed by atoms with van der Waals surface area (Å²) in [6.07, 6.45) is 0. The van der Waals surface area contributed by atoms with Crippen LogP contribution in [-0.4, -0.2) is 33.3 Å². The zero-order valence-electron chi connectivity index (χ0n) is 10.4. The summed E-state index contributed by atoms with van der Waals surface area (Å²) < 4.78 is 20.2. The fraction of sp³-hybridized carbons (Fsp3) is 0.273. The van der Waals surface area contributed by atoms with Crippen LogP contribution in [0.5, 0.6) is 0 Å². The number of halogens is 2. The number of esters is 1. The Kier molecular flexibility index (Phi) is 5.07. The Balaban J connectivity index is 2.06. The number of nitrogens with zero attached hydrogens (tertiary/aromatic N) is 4. The quantitative estimate of drug-likeness (QED) is 0.600. The Morgan fingerprint density at radius 1 is 1.55 bits per heavy atom. The topological polar surface area (TPSA) is 69.9 Å². The van der Waals surface area contributed by atoms with Crippen molar-refractivity contribution < 1.29 is 13.9 Å². The lowest BCUT2D eigenvalue weighted by Crippen LogP contribution is -2.13. The van der Waals surface area contributed by atoms with E-state index in [1.54, 1.807) is 12.1 Å². The first-order valence-electron chi connectivity index (χ1n) is 5.50. The van der Waals surface area contributed by atoms with Crippen molar-refractivity contribution in [3.63, 3.8) is 0 Å². The fourth-order valence-corrected chi connectivity index (χ4v) is 2.64. The van der Waals surface area contributed by atoms with Crippen molar-refractivity contribution in [3.8, 4) is 0 Å². The summed E-state index contributed by atoms with van der Waals surface area (Å²) in [6, 6.07) is 4.71. The Morgan fingerprint density at radius 3 is 3.10 bits per heavy atom. The lowest BCUT2D eigenvalue weighted by Gasteiger charge is -2.04. The third-order valence-electron chi connectivity index (χ3n) is 2.37. The van der Waals surface area contributed by atoms with E-state index in [1.807, 2.05) is 0 Å². The molecule has 20 heavy (non-hydrogen) atoms. The van der Waals surface area contributed by atoms with Gasteiger partial charge in [0.1, 0.15) is 12.4 Å². The molecule has 0 saturated carbocycles. The van der Waals surface area contributed by atoms with Crippen LogP contribution < -0.4 is 0 Å². The molecular weight excluding hydrogens is 351 g/mol. The molecule has 106 valence electrons. The molecular formula is C11H10BrFN4O2S. The SMILES string of the molecule is COC(=O)Cn1nnnc1SCc1cc(Br)ccc1F. The van der Waals surface area contributed by atoms with E-state index in [1.165, 1.54) is 29.6 Å². The molecule has 0 atom stereocenters. The molecule has 0 amide bonds. The van der Waals surface area contributed by atoms with Gasteiger partial charge in [0.05, 0.1) is 7.11 Å². The molecule has 0 aliphatic rings. The molecule has 0 spiro atoms. The molecule has 1 aromatic heterocycles. The van der Waals surface area contributed by atoms with Crippen LogP contribution in [0.15, 0.2) is 27.8 Å². The molecule has 9 heteroatoms. The first kappa shape index (κ1) is 14.9. The van der Waals surface area contributed by atoms with Gasteiger partial charge >= 0.3 is 5.97 Å². The van der Waals surface area contributed by atoms with Gasteiger partial charge in [0.25, 0.3) is 0 Å².